The van der Waals surface area contributed by atoms with E-state index >= 15 is 0 Å². The van der Waals surface area contributed by atoms with Gasteiger partial charge >= 0.3 is 5.97 Å². The molecule has 0 saturated carbocycles. The fourth-order valence-electron chi connectivity index (χ4n) is 2.67. The van der Waals surface area contributed by atoms with Crippen LogP contribution < -0.4 is 5.32 Å². The van der Waals surface area contributed by atoms with Gasteiger partial charge in [-0.15, -0.1) is 0 Å². The van der Waals surface area contributed by atoms with Crippen molar-refractivity contribution in [2.45, 2.75) is 30.7 Å². The van der Waals surface area contributed by atoms with Gasteiger partial charge in [-0.1, -0.05) is 17.7 Å². The molecule has 0 bridgehead atoms. The number of alkyl halides is 1. The largest absolute Gasteiger partial charge is 0.480 e. The molecule has 0 radical (unpaired) electrons. The van der Waals surface area contributed by atoms with Gasteiger partial charge in [0, 0.05) is 19.0 Å². The van der Waals surface area contributed by atoms with Gasteiger partial charge < -0.3 is 10.4 Å². The number of nitrogens with zero attached hydrogens (tertiary/aromatic N) is 1. The highest BCUT2D eigenvalue weighted by molar-refractivity contribution is 7.89. The molecule has 1 atom stereocenters. The zero-order valence-electron chi connectivity index (χ0n) is 13.8. The molecule has 1 aliphatic heterocycles. The Morgan fingerprint density at radius 3 is 2.32 bits per heavy atom. The van der Waals surface area contributed by atoms with Crippen LogP contribution in [-0.4, -0.2) is 55.5 Å². The molecule has 0 aromatic heterocycles. The number of aryl methyl sites for hydroxylation is 1. The monoisotopic (exact) mass is 372 g/mol. The van der Waals surface area contributed by atoms with Gasteiger partial charge in [-0.2, -0.15) is 4.31 Å². The highest BCUT2D eigenvalue weighted by Crippen LogP contribution is 2.24. The first kappa shape index (κ1) is 19.3. The molecule has 7 nitrogen and oxygen atoms in total. The number of rotatable bonds is 6. The molecule has 0 aliphatic carbocycles. The number of hydrogen-bond acceptors (Lipinski definition) is 4. The number of aliphatic carboxylic acids is 1. The highest BCUT2D eigenvalue weighted by Gasteiger charge is 2.33. The first-order valence-electron chi connectivity index (χ1n) is 7.91. The Balaban J connectivity index is 1.98. The van der Waals surface area contributed by atoms with Crippen LogP contribution in [-0.2, 0) is 19.6 Å². The molecule has 138 valence electrons. The van der Waals surface area contributed by atoms with Crippen molar-refractivity contribution in [2.24, 2.45) is 5.92 Å². The van der Waals surface area contributed by atoms with E-state index in [9.17, 15) is 22.4 Å². The van der Waals surface area contributed by atoms with Gasteiger partial charge in [-0.3, -0.25) is 4.79 Å². The molecule has 0 spiro atoms. The number of hydrogen-bond donors (Lipinski definition) is 2. The molecule has 1 fully saturated rings. The summed E-state index contributed by atoms with van der Waals surface area (Å²) in [5.74, 6) is -2.52. The second kappa shape index (κ2) is 7.92. The van der Waals surface area contributed by atoms with Crippen LogP contribution in [0.2, 0.25) is 0 Å². The minimum atomic E-state index is -3.62. The summed E-state index contributed by atoms with van der Waals surface area (Å²) >= 11 is 0. The molecule has 2 N–H and O–H groups in total. The molecule has 1 heterocycles. The van der Waals surface area contributed by atoms with Crippen LogP contribution in [0.3, 0.4) is 0 Å². The molecule has 2 rings (SSSR count). The molecule has 1 aliphatic rings. The summed E-state index contributed by atoms with van der Waals surface area (Å²) in [7, 11) is -3.62. The lowest BCUT2D eigenvalue weighted by Crippen LogP contribution is -2.48. The average Bonchev–Trinajstić information content (AvgIpc) is 2.59. The third kappa shape index (κ3) is 4.55. The molecule has 9 heteroatoms. The second-order valence-corrected chi connectivity index (χ2v) is 7.98. The molecular formula is C16H21FN2O5S. The number of benzene rings is 1. The van der Waals surface area contributed by atoms with Crippen molar-refractivity contribution >= 4 is 21.9 Å². The van der Waals surface area contributed by atoms with E-state index in [1.807, 2.05) is 6.92 Å². The van der Waals surface area contributed by atoms with Crippen LogP contribution in [0.25, 0.3) is 0 Å². The molecule has 1 aromatic carbocycles. The van der Waals surface area contributed by atoms with Crippen LogP contribution in [0, 0.1) is 12.8 Å². The molecule has 1 saturated heterocycles. The van der Waals surface area contributed by atoms with Crippen LogP contribution >= 0.6 is 0 Å². The number of carbonyl (C=O) groups is 2. The molecule has 1 amide bonds. The first-order valence-corrected chi connectivity index (χ1v) is 9.35. The summed E-state index contributed by atoms with van der Waals surface area (Å²) in [6.07, 6.45) is 0.519. The summed E-state index contributed by atoms with van der Waals surface area (Å²) in [4.78, 5) is 23.0. The van der Waals surface area contributed by atoms with E-state index in [0.717, 1.165) is 5.56 Å². The van der Waals surface area contributed by atoms with E-state index in [1.165, 1.54) is 4.31 Å². The number of halogens is 1. The van der Waals surface area contributed by atoms with Crippen molar-refractivity contribution in [3.8, 4) is 0 Å². The summed E-state index contributed by atoms with van der Waals surface area (Å²) < 4.78 is 39.1. The van der Waals surface area contributed by atoms with Gasteiger partial charge in [-0.05, 0) is 31.9 Å². The maximum absolute atomic E-state index is 12.6. The Bertz CT molecular complexity index is 727. The lowest BCUT2D eigenvalue weighted by atomic mass is 9.97. The first-order chi connectivity index (χ1) is 11.8. The molecule has 1 unspecified atom stereocenters. The summed E-state index contributed by atoms with van der Waals surface area (Å²) in [6, 6.07) is 4.96. The Kier molecular flexibility index (Phi) is 6.12. The number of carbonyl (C=O) groups excluding carboxylic acids is 1. The smallest absolute Gasteiger partial charge is 0.328 e. The molecule has 25 heavy (non-hydrogen) atoms. The third-order valence-electron chi connectivity index (χ3n) is 4.25. The summed E-state index contributed by atoms with van der Waals surface area (Å²) in [5, 5.41) is 10.9. The van der Waals surface area contributed by atoms with Crippen molar-refractivity contribution in [1.29, 1.82) is 0 Å². The van der Waals surface area contributed by atoms with Gasteiger partial charge in [0.1, 0.15) is 6.67 Å². The fraction of sp³-hybridized carbons (Fsp3) is 0.500. The standard InChI is InChI=1S/C16H21FN2O5S/c1-11-2-4-13(5-3-11)25(23,24)19-8-6-12(7-9-19)15(20)18-14(10-17)16(21)22/h2-5,12,14H,6-10H2,1H3,(H,18,20)(H,21,22). The Morgan fingerprint density at radius 2 is 1.84 bits per heavy atom. The van der Waals surface area contributed by atoms with Crippen LogP contribution in [0.4, 0.5) is 4.39 Å². The zero-order valence-corrected chi connectivity index (χ0v) is 14.6. The minimum absolute atomic E-state index is 0.154. The van der Waals surface area contributed by atoms with Crippen molar-refractivity contribution in [3.05, 3.63) is 29.8 Å². The topological polar surface area (TPSA) is 104 Å². The number of carboxylic acids is 1. The van der Waals surface area contributed by atoms with Gasteiger partial charge in [0.2, 0.25) is 15.9 Å². The van der Waals surface area contributed by atoms with Crippen LogP contribution in [0.5, 0.6) is 0 Å². The Labute approximate surface area is 145 Å². The summed E-state index contributed by atoms with van der Waals surface area (Å²) in [6.45, 7) is 0.980. The predicted molar refractivity (Wildman–Crippen MR) is 88.2 cm³/mol. The lowest BCUT2D eigenvalue weighted by molar-refractivity contribution is -0.143. The predicted octanol–water partition coefficient (Wildman–Crippen LogP) is 0.935. The quantitative estimate of drug-likeness (QED) is 0.773. The lowest BCUT2D eigenvalue weighted by Gasteiger charge is -2.31. The SMILES string of the molecule is Cc1ccc(S(=O)(=O)N2CCC(C(=O)NC(CF)C(=O)O)CC2)cc1. The van der Waals surface area contributed by atoms with Gasteiger partial charge in [-0.25, -0.2) is 17.6 Å². The maximum Gasteiger partial charge on any atom is 0.328 e. The van der Waals surface area contributed by atoms with Gasteiger partial charge in [0.05, 0.1) is 4.90 Å². The van der Waals surface area contributed by atoms with Crippen LogP contribution in [0.15, 0.2) is 29.2 Å². The number of nitrogens with one attached hydrogen (secondary N) is 1. The number of amides is 1. The summed E-state index contributed by atoms with van der Waals surface area (Å²) in [5.41, 5.74) is 0.954. The Hall–Kier alpha value is -2.00. The third-order valence-corrected chi connectivity index (χ3v) is 6.17. The van der Waals surface area contributed by atoms with Crippen molar-refractivity contribution < 1.29 is 27.5 Å². The average molecular weight is 372 g/mol. The fourth-order valence-corrected chi connectivity index (χ4v) is 4.14. The van der Waals surface area contributed by atoms with E-state index in [1.54, 1.807) is 24.3 Å². The van der Waals surface area contributed by atoms with Gasteiger partial charge in [0.25, 0.3) is 0 Å². The van der Waals surface area contributed by atoms with Crippen molar-refractivity contribution in [2.75, 3.05) is 19.8 Å². The minimum Gasteiger partial charge on any atom is -0.480 e. The van der Waals surface area contributed by atoms with E-state index in [4.69, 9.17) is 5.11 Å². The highest BCUT2D eigenvalue weighted by atomic mass is 32.2. The van der Waals surface area contributed by atoms with E-state index in [0.29, 0.717) is 0 Å². The van der Waals surface area contributed by atoms with Crippen molar-refractivity contribution in [1.82, 2.24) is 9.62 Å². The van der Waals surface area contributed by atoms with Crippen molar-refractivity contribution in [3.63, 3.8) is 0 Å². The van der Waals surface area contributed by atoms with E-state index in [-0.39, 0.29) is 30.8 Å². The number of carboxylic acid groups (broad SMARTS) is 1. The van der Waals surface area contributed by atoms with Crippen LogP contribution in [0.1, 0.15) is 18.4 Å². The number of sulfonamides is 1. The number of piperidine rings is 1. The maximum atomic E-state index is 12.6. The van der Waals surface area contributed by atoms with E-state index in [2.05, 4.69) is 5.32 Å². The van der Waals surface area contributed by atoms with Gasteiger partial charge in [0.15, 0.2) is 6.04 Å². The second-order valence-electron chi connectivity index (χ2n) is 6.05. The normalized spacial score (nSPS) is 17.8. The molecular weight excluding hydrogens is 351 g/mol. The zero-order chi connectivity index (χ0) is 18.6. The Morgan fingerprint density at radius 1 is 1.28 bits per heavy atom. The van der Waals surface area contributed by atoms with E-state index < -0.39 is 40.5 Å². The molecule has 1 aromatic rings.